The van der Waals surface area contributed by atoms with E-state index >= 15 is 0 Å². The summed E-state index contributed by atoms with van der Waals surface area (Å²) in [4.78, 5) is 69.0. The fourth-order valence-corrected chi connectivity index (χ4v) is 9.05. The molecule has 9 rings (SSSR count). The van der Waals surface area contributed by atoms with Crippen molar-refractivity contribution in [2.24, 2.45) is 5.92 Å². The number of aromatic nitrogens is 3. The first-order chi connectivity index (χ1) is 27.8. The molecule has 0 bridgehead atoms. The number of carbonyl (C=O) groups is 4. The molecule has 5 aliphatic heterocycles. The summed E-state index contributed by atoms with van der Waals surface area (Å²) in [5.41, 5.74) is 5.76. The SMILES string of the molecule is CNc1cc2[nH]c(C3CCCN3C)cc2cn1.O=Cc1ccc(N2CCC(COC3CCN(c4cccc5c4CN(C4CCC(=O)NC4=O)C5=O)CC3)CC2)nc1. The van der Waals surface area contributed by atoms with Gasteiger partial charge in [0.1, 0.15) is 17.7 Å². The van der Waals surface area contributed by atoms with E-state index in [1.54, 1.807) is 11.1 Å². The van der Waals surface area contributed by atoms with Crippen molar-refractivity contribution in [3.63, 3.8) is 0 Å². The lowest BCUT2D eigenvalue weighted by molar-refractivity contribution is -0.136. The number of piperidine rings is 3. The molecule has 3 N–H and O–H groups in total. The maximum absolute atomic E-state index is 13.2. The summed E-state index contributed by atoms with van der Waals surface area (Å²) in [6.07, 6.45) is 11.7. The van der Waals surface area contributed by atoms with E-state index in [0.717, 1.165) is 87.6 Å². The molecule has 1 aromatic carbocycles. The van der Waals surface area contributed by atoms with E-state index in [-0.39, 0.29) is 30.2 Å². The van der Waals surface area contributed by atoms with Gasteiger partial charge in [-0.2, -0.15) is 0 Å². The van der Waals surface area contributed by atoms with Gasteiger partial charge in [0.2, 0.25) is 11.8 Å². The van der Waals surface area contributed by atoms with Crippen LogP contribution in [0.3, 0.4) is 0 Å². The number of aromatic amines is 1. The quantitative estimate of drug-likeness (QED) is 0.157. The van der Waals surface area contributed by atoms with Crippen molar-refractivity contribution in [2.75, 3.05) is 68.5 Å². The summed E-state index contributed by atoms with van der Waals surface area (Å²) in [6, 6.07) is 13.8. The second-order valence-electron chi connectivity index (χ2n) is 16.0. The van der Waals surface area contributed by atoms with Crippen LogP contribution in [0.1, 0.15) is 89.4 Å². The number of fused-ring (bicyclic) bond motifs is 2. The molecule has 2 atom stereocenters. The molecule has 57 heavy (non-hydrogen) atoms. The number of aldehydes is 1. The maximum Gasteiger partial charge on any atom is 0.255 e. The number of hydrogen-bond acceptors (Lipinski definition) is 11. The third kappa shape index (κ3) is 8.38. The number of benzene rings is 1. The van der Waals surface area contributed by atoms with Crippen molar-refractivity contribution >= 4 is 52.2 Å². The first kappa shape index (κ1) is 38.5. The van der Waals surface area contributed by atoms with Gasteiger partial charge in [-0.3, -0.25) is 29.4 Å². The highest BCUT2D eigenvalue weighted by Crippen LogP contribution is 2.36. The van der Waals surface area contributed by atoms with Crippen LogP contribution in [-0.4, -0.2) is 114 Å². The molecule has 8 heterocycles. The van der Waals surface area contributed by atoms with E-state index < -0.39 is 6.04 Å². The van der Waals surface area contributed by atoms with Gasteiger partial charge in [-0.15, -0.1) is 0 Å². The number of rotatable bonds is 9. The highest BCUT2D eigenvalue weighted by molar-refractivity contribution is 6.06. The molecular formula is C43H53N9O5. The Labute approximate surface area is 333 Å². The Morgan fingerprint density at radius 3 is 2.40 bits per heavy atom. The molecule has 0 aliphatic carbocycles. The number of amides is 3. The molecular weight excluding hydrogens is 723 g/mol. The van der Waals surface area contributed by atoms with Crippen LogP contribution in [0.15, 0.2) is 54.9 Å². The Hall–Kier alpha value is -5.34. The number of carbonyl (C=O) groups excluding carboxylic acids is 4. The number of anilines is 3. The molecule has 3 amide bonds. The lowest BCUT2D eigenvalue weighted by atomic mass is 9.97. The number of likely N-dealkylation sites (tertiary alicyclic amines) is 1. The van der Waals surface area contributed by atoms with Crippen LogP contribution in [0.4, 0.5) is 17.3 Å². The van der Waals surface area contributed by atoms with Crippen molar-refractivity contribution in [1.82, 2.24) is 30.1 Å². The zero-order valence-corrected chi connectivity index (χ0v) is 32.9. The lowest BCUT2D eigenvalue weighted by Gasteiger charge is -2.36. The Bertz CT molecular complexity index is 2090. The Morgan fingerprint density at radius 2 is 1.70 bits per heavy atom. The number of nitrogens with zero attached hydrogens (tertiary/aromatic N) is 6. The monoisotopic (exact) mass is 775 g/mol. The smallest absolute Gasteiger partial charge is 0.255 e. The predicted molar refractivity (Wildman–Crippen MR) is 218 cm³/mol. The van der Waals surface area contributed by atoms with E-state index in [0.29, 0.717) is 36.1 Å². The minimum absolute atomic E-state index is 0.135. The fraction of sp³-hybridized carbons (Fsp3) is 0.488. The lowest BCUT2D eigenvalue weighted by Crippen LogP contribution is -2.52. The summed E-state index contributed by atoms with van der Waals surface area (Å²) >= 11 is 0. The molecule has 3 aromatic heterocycles. The molecule has 5 aliphatic rings. The van der Waals surface area contributed by atoms with Crippen LogP contribution in [0.25, 0.3) is 10.9 Å². The number of pyridine rings is 2. The number of nitrogens with one attached hydrogen (secondary N) is 3. The van der Waals surface area contributed by atoms with Gasteiger partial charge in [0.15, 0.2) is 6.29 Å². The fourth-order valence-electron chi connectivity index (χ4n) is 9.05. The van der Waals surface area contributed by atoms with Crippen LogP contribution < -0.4 is 20.4 Å². The second-order valence-corrected chi connectivity index (χ2v) is 16.0. The molecule has 4 fully saturated rings. The van der Waals surface area contributed by atoms with Crippen molar-refractivity contribution in [3.05, 3.63) is 77.2 Å². The normalized spacial score (nSPS) is 22.1. The van der Waals surface area contributed by atoms with Gasteiger partial charge in [-0.05, 0) is 94.8 Å². The number of hydrogen-bond donors (Lipinski definition) is 3. The van der Waals surface area contributed by atoms with Gasteiger partial charge in [0, 0.05) is 111 Å². The molecule has 14 nitrogen and oxygen atoms in total. The van der Waals surface area contributed by atoms with Gasteiger partial charge in [-0.1, -0.05) is 6.07 Å². The third-order valence-electron chi connectivity index (χ3n) is 12.4. The van der Waals surface area contributed by atoms with Crippen molar-refractivity contribution in [1.29, 1.82) is 0 Å². The van der Waals surface area contributed by atoms with Gasteiger partial charge < -0.3 is 29.7 Å². The van der Waals surface area contributed by atoms with Gasteiger partial charge in [-0.25, -0.2) is 9.97 Å². The van der Waals surface area contributed by atoms with Crippen molar-refractivity contribution < 1.29 is 23.9 Å². The first-order valence-corrected chi connectivity index (χ1v) is 20.4. The highest BCUT2D eigenvalue weighted by atomic mass is 16.5. The summed E-state index contributed by atoms with van der Waals surface area (Å²) in [7, 11) is 4.09. The van der Waals surface area contributed by atoms with E-state index in [9.17, 15) is 19.2 Å². The van der Waals surface area contributed by atoms with Gasteiger partial charge in [0.05, 0.1) is 11.6 Å². The average molecular weight is 776 g/mol. The molecule has 0 saturated carbocycles. The van der Waals surface area contributed by atoms with Crippen LogP contribution in [-0.2, 0) is 20.9 Å². The molecule has 4 saturated heterocycles. The van der Waals surface area contributed by atoms with Gasteiger partial charge in [0.25, 0.3) is 5.91 Å². The largest absolute Gasteiger partial charge is 0.378 e. The standard InChI is InChI=1S/C30H35N5O5.C13H18N4/c36-18-21-4-6-27(31-16-21)34-12-8-20(9-13-34)19-40-22-10-14-33(15-11-22)25-3-1-2-23-24(25)17-35(30(23)39)26-5-7-28(37)32-29(26)38;1-14-13-7-10-9(8-15-13)6-11(16-10)12-4-3-5-17(12)2/h1-4,6,16,18,20,22,26H,5,7-15,17,19H2,(H,32,37,38);6-8,12,16H,3-5H2,1-2H3,(H,14,15). The van der Waals surface area contributed by atoms with Gasteiger partial charge >= 0.3 is 0 Å². The van der Waals surface area contributed by atoms with Crippen LogP contribution >= 0.6 is 0 Å². The maximum atomic E-state index is 13.2. The molecule has 2 unspecified atom stereocenters. The molecule has 0 radical (unpaired) electrons. The minimum atomic E-state index is -0.601. The summed E-state index contributed by atoms with van der Waals surface area (Å²) in [5, 5.41) is 6.63. The van der Waals surface area contributed by atoms with Crippen LogP contribution in [0.2, 0.25) is 0 Å². The summed E-state index contributed by atoms with van der Waals surface area (Å²) in [5.74, 6) is 1.57. The number of imide groups is 1. The minimum Gasteiger partial charge on any atom is -0.378 e. The van der Waals surface area contributed by atoms with Crippen molar-refractivity contribution in [3.8, 4) is 0 Å². The van der Waals surface area contributed by atoms with Crippen LogP contribution in [0.5, 0.6) is 0 Å². The van der Waals surface area contributed by atoms with E-state index in [2.05, 4.69) is 65.5 Å². The average Bonchev–Trinajstić information content (AvgIpc) is 3.96. The van der Waals surface area contributed by atoms with E-state index in [4.69, 9.17) is 4.74 Å². The van der Waals surface area contributed by atoms with E-state index in [1.165, 1.54) is 36.0 Å². The Kier molecular flexibility index (Phi) is 11.5. The molecule has 300 valence electrons. The Morgan fingerprint density at radius 1 is 0.895 bits per heavy atom. The number of ether oxygens (including phenoxy) is 1. The predicted octanol–water partition coefficient (Wildman–Crippen LogP) is 4.93. The topological polar surface area (TPSA) is 156 Å². The summed E-state index contributed by atoms with van der Waals surface area (Å²) < 4.78 is 6.37. The highest BCUT2D eigenvalue weighted by Gasteiger charge is 2.40. The molecule has 0 spiro atoms. The van der Waals surface area contributed by atoms with Crippen molar-refractivity contribution in [2.45, 2.75) is 76.1 Å². The zero-order chi connectivity index (χ0) is 39.5. The van der Waals surface area contributed by atoms with Crippen LogP contribution in [0, 0.1) is 5.92 Å². The molecule has 14 heteroatoms. The third-order valence-corrected chi connectivity index (χ3v) is 12.4. The zero-order valence-electron chi connectivity index (χ0n) is 32.9. The molecule has 4 aromatic rings. The van der Waals surface area contributed by atoms with E-state index in [1.807, 2.05) is 37.5 Å². The summed E-state index contributed by atoms with van der Waals surface area (Å²) in [6.45, 7) is 5.94. The first-order valence-electron chi connectivity index (χ1n) is 20.4. The number of H-pyrrole nitrogens is 1. The Balaban J connectivity index is 0.000000222. The second kappa shape index (κ2) is 17.0.